The zero-order valence-corrected chi connectivity index (χ0v) is 9.99. The number of nitrogens with one attached hydrogen (secondary N) is 1. The van der Waals surface area contributed by atoms with Gasteiger partial charge in [-0.15, -0.1) is 0 Å². The van der Waals surface area contributed by atoms with Crippen molar-refractivity contribution in [1.82, 2.24) is 5.32 Å². The second-order valence-electron chi connectivity index (χ2n) is 3.88. The lowest BCUT2D eigenvalue weighted by Crippen LogP contribution is -2.41. The molecule has 0 aliphatic heterocycles. The number of nitrogens with zero attached hydrogens (tertiary/aromatic N) is 1. The number of aliphatic carboxylic acids is 1. The van der Waals surface area contributed by atoms with Crippen molar-refractivity contribution < 1.29 is 24.7 Å². The Kier molecular flexibility index (Phi) is 4.41. The van der Waals surface area contributed by atoms with Gasteiger partial charge >= 0.3 is 11.7 Å². The molecule has 8 nitrogen and oxygen atoms in total. The fourth-order valence-electron chi connectivity index (χ4n) is 1.52. The molecule has 0 bridgehead atoms. The number of rotatable bonds is 5. The summed E-state index contributed by atoms with van der Waals surface area (Å²) >= 11 is 0. The van der Waals surface area contributed by atoms with Crippen LogP contribution >= 0.6 is 0 Å². The van der Waals surface area contributed by atoms with Crippen molar-refractivity contribution in [3.63, 3.8) is 0 Å². The molecule has 0 saturated heterocycles. The third-order valence-electron chi connectivity index (χ3n) is 2.35. The monoisotopic (exact) mass is 268 g/mol. The molecule has 1 atom stereocenters. The SMILES string of the molecule is CC(=O)NC(Cc1ccc(O)c([N+](=O)[O-])c1)C(=O)O. The fourth-order valence-corrected chi connectivity index (χ4v) is 1.52. The minimum atomic E-state index is -1.24. The average molecular weight is 268 g/mol. The molecule has 0 radical (unpaired) electrons. The predicted molar refractivity (Wildman–Crippen MR) is 63.7 cm³/mol. The predicted octanol–water partition coefficient (Wildman–Crippen LogP) is 0.432. The van der Waals surface area contributed by atoms with E-state index in [4.69, 9.17) is 5.11 Å². The second kappa shape index (κ2) is 5.80. The molecule has 1 aromatic carbocycles. The lowest BCUT2D eigenvalue weighted by molar-refractivity contribution is -0.385. The first-order chi connectivity index (χ1) is 8.81. The van der Waals surface area contributed by atoms with E-state index in [0.29, 0.717) is 5.56 Å². The van der Waals surface area contributed by atoms with Crippen molar-refractivity contribution in [3.8, 4) is 5.75 Å². The van der Waals surface area contributed by atoms with Crippen molar-refractivity contribution in [1.29, 1.82) is 0 Å². The highest BCUT2D eigenvalue weighted by molar-refractivity contribution is 5.82. The lowest BCUT2D eigenvalue weighted by atomic mass is 10.0. The lowest BCUT2D eigenvalue weighted by Gasteiger charge is -2.13. The van der Waals surface area contributed by atoms with Gasteiger partial charge in [-0.05, 0) is 11.6 Å². The van der Waals surface area contributed by atoms with Gasteiger partial charge in [0.2, 0.25) is 5.91 Å². The van der Waals surface area contributed by atoms with Gasteiger partial charge in [-0.2, -0.15) is 0 Å². The van der Waals surface area contributed by atoms with Crippen molar-refractivity contribution >= 4 is 17.6 Å². The number of phenolic OH excluding ortho intramolecular Hbond substituents is 1. The van der Waals surface area contributed by atoms with Crippen LogP contribution in [0.25, 0.3) is 0 Å². The highest BCUT2D eigenvalue weighted by Gasteiger charge is 2.21. The number of amides is 1. The van der Waals surface area contributed by atoms with E-state index in [0.717, 1.165) is 12.1 Å². The maximum absolute atomic E-state index is 10.9. The van der Waals surface area contributed by atoms with E-state index >= 15 is 0 Å². The third kappa shape index (κ3) is 3.95. The van der Waals surface area contributed by atoms with Crippen LogP contribution < -0.4 is 5.32 Å². The molecule has 0 aliphatic rings. The van der Waals surface area contributed by atoms with Crippen LogP contribution in [-0.2, 0) is 16.0 Å². The van der Waals surface area contributed by atoms with Gasteiger partial charge in [-0.25, -0.2) is 4.79 Å². The first-order valence-electron chi connectivity index (χ1n) is 5.27. The Bertz CT molecular complexity index is 528. The first kappa shape index (κ1) is 14.4. The molecule has 1 rings (SSSR count). The Morgan fingerprint density at radius 3 is 2.58 bits per heavy atom. The Morgan fingerprint density at radius 1 is 1.47 bits per heavy atom. The quantitative estimate of drug-likeness (QED) is 0.524. The molecule has 0 fully saturated rings. The highest BCUT2D eigenvalue weighted by Crippen LogP contribution is 2.26. The summed E-state index contributed by atoms with van der Waals surface area (Å²) in [6.07, 6.45) is -0.115. The average Bonchev–Trinajstić information content (AvgIpc) is 2.29. The number of benzene rings is 1. The van der Waals surface area contributed by atoms with Crippen LogP contribution in [0.1, 0.15) is 12.5 Å². The normalized spacial score (nSPS) is 11.6. The second-order valence-corrected chi connectivity index (χ2v) is 3.88. The van der Waals surface area contributed by atoms with E-state index in [1.807, 2.05) is 0 Å². The van der Waals surface area contributed by atoms with Crippen LogP contribution in [0.3, 0.4) is 0 Å². The van der Waals surface area contributed by atoms with E-state index in [2.05, 4.69) is 5.32 Å². The molecule has 0 aliphatic carbocycles. The van der Waals surface area contributed by atoms with Gasteiger partial charge in [0.05, 0.1) is 4.92 Å². The minimum Gasteiger partial charge on any atom is -0.502 e. The van der Waals surface area contributed by atoms with E-state index in [1.54, 1.807) is 0 Å². The Labute approximate surface area is 107 Å². The summed E-state index contributed by atoms with van der Waals surface area (Å²) in [5, 5.41) is 31.0. The number of phenols is 1. The summed E-state index contributed by atoms with van der Waals surface area (Å²) in [7, 11) is 0. The Balaban J connectivity index is 2.97. The van der Waals surface area contributed by atoms with Crippen LogP contribution in [-0.4, -0.2) is 33.1 Å². The largest absolute Gasteiger partial charge is 0.502 e. The number of aromatic hydroxyl groups is 1. The molecule has 0 heterocycles. The van der Waals surface area contributed by atoms with Crippen LogP contribution in [0.5, 0.6) is 5.75 Å². The highest BCUT2D eigenvalue weighted by atomic mass is 16.6. The van der Waals surface area contributed by atoms with E-state index in [1.165, 1.54) is 13.0 Å². The molecular weight excluding hydrogens is 256 g/mol. The molecule has 8 heteroatoms. The maximum Gasteiger partial charge on any atom is 0.326 e. The summed E-state index contributed by atoms with van der Waals surface area (Å²) < 4.78 is 0. The summed E-state index contributed by atoms with van der Waals surface area (Å²) in [6.45, 7) is 1.18. The topological polar surface area (TPSA) is 130 Å². The van der Waals surface area contributed by atoms with Crippen LogP contribution in [0.15, 0.2) is 18.2 Å². The standard InChI is InChI=1S/C11H12N2O6/c1-6(14)12-8(11(16)17)4-7-2-3-10(15)9(5-7)13(18)19/h2-3,5,8,15H,4H2,1H3,(H,12,14)(H,16,17). The summed E-state index contributed by atoms with van der Waals surface area (Å²) in [6, 6.07) is 2.37. The molecule has 3 N–H and O–H groups in total. The van der Waals surface area contributed by atoms with Gasteiger partial charge in [0.25, 0.3) is 0 Å². The Hall–Kier alpha value is -2.64. The molecule has 0 aromatic heterocycles. The van der Waals surface area contributed by atoms with Gasteiger partial charge in [0.1, 0.15) is 6.04 Å². The van der Waals surface area contributed by atoms with Crippen LogP contribution in [0.4, 0.5) is 5.69 Å². The molecule has 102 valence electrons. The summed E-state index contributed by atoms with van der Waals surface area (Å²) in [5.41, 5.74) is -0.185. The Morgan fingerprint density at radius 2 is 2.11 bits per heavy atom. The van der Waals surface area contributed by atoms with Crippen molar-refractivity contribution in [2.24, 2.45) is 0 Å². The van der Waals surface area contributed by atoms with Gasteiger partial charge < -0.3 is 15.5 Å². The smallest absolute Gasteiger partial charge is 0.326 e. The van der Waals surface area contributed by atoms with Gasteiger partial charge in [0, 0.05) is 19.4 Å². The molecule has 0 saturated carbocycles. The van der Waals surface area contributed by atoms with E-state index < -0.39 is 34.3 Å². The van der Waals surface area contributed by atoms with Gasteiger partial charge in [-0.1, -0.05) is 6.07 Å². The molecule has 1 unspecified atom stereocenters. The molecule has 1 aromatic rings. The number of carbonyl (C=O) groups excluding carboxylic acids is 1. The molecule has 0 spiro atoms. The number of hydrogen-bond acceptors (Lipinski definition) is 5. The summed E-state index contributed by atoms with van der Waals surface area (Å²) in [5.74, 6) is -2.26. The number of carbonyl (C=O) groups is 2. The van der Waals surface area contributed by atoms with Crippen molar-refractivity contribution in [3.05, 3.63) is 33.9 Å². The maximum atomic E-state index is 10.9. The third-order valence-corrected chi connectivity index (χ3v) is 2.35. The van der Waals surface area contributed by atoms with Gasteiger partial charge in [0.15, 0.2) is 5.75 Å². The van der Waals surface area contributed by atoms with Gasteiger partial charge in [-0.3, -0.25) is 14.9 Å². The number of carboxylic acids is 1. The first-order valence-corrected chi connectivity index (χ1v) is 5.27. The minimum absolute atomic E-state index is 0.115. The number of nitro groups is 1. The zero-order chi connectivity index (χ0) is 14.6. The molecule has 19 heavy (non-hydrogen) atoms. The number of nitro benzene ring substituents is 1. The number of hydrogen-bond donors (Lipinski definition) is 3. The van der Waals surface area contributed by atoms with Crippen molar-refractivity contribution in [2.75, 3.05) is 0 Å². The van der Waals surface area contributed by atoms with E-state index in [9.17, 15) is 24.8 Å². The van der Waals surface area contributed by atoms with E-state index in [-0.39, 0.29) is 6.42 Å². The summed E-state index contributed by atoms with van der Waals surface area (Å²) in [4.78, 5) is 31.6. The molecule has 1 amide bonds. The number of carboxylic acid groups (broad SMARTS) is 1. The van der Waals surface area contributed by atoms with Crippen molar-refractivity contribution in [2.45, 2.75) is 19.4 Å². The molecular formula is C11H12N2O6. The van der Waals surface area contributed by atoms with Crippen LogP contribution in [0.2, 0.25) is 0 Å². The van der Waals surface area contributed by atoms with Crippen LogP contribution in [0, 0.1) is 10.1 Å². The zero-order valence-electron chi connectivity index (χ0n) is 9.99. The fraction of sp³-hybridized carbons (Fsp3) is 0.273.